The van der Waals surface area contributed by atoms with Crippen molar-refractivity contribution in [2.75, 3.05) is 0 Å². The number of benzene rings is 1. The van der Waals surface area contributed by atoms with E-state index < -0.39 is 0 Å². The van der Waals surface area contributed by atoms with Gasteiger partial charge in [0.05, 0.1) is 0 Å². The Morgan fingerprint density at radius 1 is 1.35 bits per heavy atom. The average molecular weight is 229 g/mol. The smallest absolute Gasteiger partial charge is 0.103 e. The molecule has 0 saturated carbocycles. The largest absolute Gasteiger partial charge is 0.345 e. The highest BCUT2D eigenvalue weighted by Gasteiger charge is 2.05. The van der Waals surface area contributed by atoms with Crippen LogP contribution in [-0.2, 0) is 6.54 Å². The number of aryl methyl sites for hydroxylation is 2. The zero-order valence-electron chi connectivity index (χ0n) is 10.6. The molecule has 3 nitrogen and oxygen atoms in total. The second kappa shape index (κ2) is 5.15. The quantitative estimate of drug-likeness (QED) is 0.846. The number of nitrogens with one attached hydrogen (secondary N) is 2. The van der Waals surface area contributed by atoms with E-state index in [0.29, 0.717) is 6.04 Å². The van der Waals surface area contributed by atoms with E-state index in [1.807, 2.05) is 13.1 Å². The van der Waals surface area contributed by atoms with E-state index in [0.717, 1.165) is 18.1 Å². The van der Waals surface area contributed by atoms with Crippen LogP contribution in [0.15, 0.2) is 30.5 Å². The van der Waals surface area contributed by atoms with Gasteiger partial charge in [0, 0.05) is 24.5 Å². The Morgan fingerprint density at radius 2 is 2.18 bits per heavy atom. The first kappa shape index (κ1) is 11.9. The summed E-state index contributed by atoms with van der Waals surface area (Å²) in [5, 5.41) is 3.48. The van der Waals surface area contributed by atoms with Crippen molar-refractivity contribution >= 4 is 0 Å². The standard InChI is InChI=1S/C14H19N3/c1-10-5-4-6-13(7-10)11(2)15-8-14-9-16-12(3)17-14/h4-7,9,11,15H,8H2,1-3H3,(H,16,17)/t11-/m0/s1. The van der Waals surface area contributed by atoms with Crippen molar-refractivity contribution in [3.63, 3.8) is 0 Å². The van der Waals surface area contributed by atoms with Crippen molar-refractivity contribution < 1.29 is 0 Å². The maximum Gasteiger partial charge on any atom is 0.103 e. The van der Waals surface area contributed by atoms with Gasteiger partial charge in [0.1, 0.15) is 5.82 Å². The van der Waals surface area contributed by atoms with E-state index in [1.54, 1.807) is 0 Å². The van der Waals surface area contributed by atoms with Crippen molar-refractivity contribution in [1.82, 2.24) is 15.3 Å². The molecular formula is C14H19N3. The van der Waals surface area contributed by atoms with Crippen LogP contribution in [0, 0.1) is 13.8 Å². The van der Waals surface area contributed by atoms with Crippen LogP contribution in [0.2, 0.25) is 0 Å². The third-order valence-electron chi connectivity index (χ3n) is 2.90. The van der Waals surface area contributed by atoms with Crippen LogP contribution in [-0.4, -0.2) is 9.97 Å². The Kier molecular flexibility index (Phi) is 3.59. The van der Waals surface area contributed by atoms with Gasteiger partial charge in [0.25, 0.3) is 0 Å². The number of hydrogen-bond donors (Lipinski definition) is 2. The second-order valence-corrected chi connectivity index (χ2v) is 4.51. The third-order valence-corrected chi connectivity index (χ3v) is 2.90. The maximum absolute atomic E-state index is 4.19. The summed E-state index contributed by atoms with van der Waals surface area (Å²) in [6.45, 7) is 7.08. The van der Waals surface area contributed by atoms with Crippen molar-refractivity contribution in [3.8, 4) is 0 Å². The Bertz CT molecular complexity index is 488. The molecule has 1 heterocycles. The van der Waals surface area contributed by atoms with Crippen LogP contribution in [0.1, 0.15) is 35.6 Å². The number of hydrogen-bond acceptors (Lipinski definition) is 2. The van der Waals surface area contributed by atoms with Gasteiger partial charge in [-0.05, 0) is 26.3 Å². The van der Waals surface area contributed by atoms with Crippen molar-refractivity contribution in [1.29, 1.82) is 0 Å². The highest BCUT2D eigenvalue weighted by molar-refractivity contribution is 5.24. The molecule has 0 radical (unpaired) electrons. The van der Waals surface area contributed by atoms with Gasteiger partial charge in [-0.3, -0.25) is 0 Å². The van der Waals surface area contributed by atoms with Crippen molar-refractivity contribution in [3.05, 3.63) is 53.1 Å². The molecule has 1 atom stereocenters. The molecule has 0 fully saturated rings. The fourth-order valence-electron chi connectivity index (χ4n) is 1.88. The Labute approximate surface area is 102 Å². The monoisotopic (exact) mass is 229 g/mol. The molecule has 0 bridgehead atoms. The molecule has 17 heavy (non-hydrogen) atoms. The summed E-state index contributed by atoms with van der Waals surface area (Å²) in [7, 11) is 0. The number of aromatic amines is 1. The summed E-state index contributed by atoms with van der Waals surface area (Å²) in [6, 6.07) is 8.94. The van der Waals surface area contributed by atoms with E-state index in [1.165, 1.54) is 11.1 Å². The lowest BCUT2D eigenvalue weighted by molar-refractivity contribution is 0.568. The number of H-pyrrole nitrogens is 1. The summed E-state index contributed by atoms with van der Waals surface area (Å²) in [5.41, 5.74) is 3.75. The van der Waals surface area contributed by atoms with Crippen LogP contribution in [0.4, 0.5) is 0 Å². The van der Waals surface area contributed by atoms with Gasteiger partial charge in [-0.25, -0.2) is 4.98 Å². The van der Waals surface area contributed by atoms with Crippen LogP contribution in [0.25, 0.3) is 0 Å². The summed E-state index contributed by atoms with van der Waals surface area (Å²) < 4.78 is 0. The lowest BCUT2D eigenvalue weighted by atomic mass is 10.1. The highest BCUT2D eigenvalue weighted by atomic mass is 15.0. The predicted molar refractivity (Wildman–Crippen MR) is 69.8 cm³/mol. The van der Waals surface area contributed by atoms with E-state index in [4.69, 9.17) is 0 Å². The van der Waals surface area contributed by atoms with Crippen LogP contribution < -0.4 is 5.32 Å². The van der Waals surface area contributed by atoms with Crippen LogP contribution in [0.3, 0.4) is 0 Å². The van der Waals surface area contributed by atoms with Crippen LogP contribution >= 0.6 is 0 Å². The van der Waals surface area contributed by atoms with Gasteiger partial charge < -0.3 is 10.3 Å². The first-order valence-corrected chi connectivity index (χ1v) is 5.95. The van der Waals surface area contributed by atoms with E-state index in [9.17, 15) is 0 Å². The highest BCUT2D eigenvalue weighted by Crippen LogP contribution is 2.14. The molecule has 2 rings (SSSR count). The van der Waals surface area contributed by atoms with Gasteiger partial charge in [-0.2, -0.15) is 0 Å². The molecule has 0 aliphatic heterocycles. The molecule has 0 saturated heterocycles. The third kappa shape index (κ3) is 3.17. The Balaban J connectivity index is 1.95. The predicted octanol–water partition coefficient (Wildman–Crippen LogP) is 2.88. The number of imidazole rings is 1. The molecule has 0 aliphatic carbocycles. The first-order chi connectivity index (χ1) is 8.15. The van der Waals surface area contributed by atoms with Crippen molar-refractivity contribution in [2.45, 2.75) is 33.4 Å². The molecule has 0 spiro atoms. The molecular weight excluding hydrogens is 210 g/mol. The molecule has 2 N–H and O–H groups in total. The average Bonchev–Trinajstić information content (AvgIpc) is 2.72. The Hall–Kier alpha value is -1.61. The molecule has 1 aromatic carbocycles. The zero-order chi connectivity index (χ0) is 12.3. The summed E-state index contributed by atoms with van der Waals surface area (Å²) in [4.78, 5) is 7.41. The van der Waals surface area contributed by atoms with Crippen LogP contribution in [0.5, 0.6) is 0 Å². The fourth-order valence-corrected chi connectivity index (χ4v) is 1.88. The summed E-state index contributed by atoms with van der Waals surface area (Å²) in [5.74, 6) is 0.963. The van der Waals surface area contributed by atoms with E-state index in [-0.39, 0.29) is 0 Å². The summed E-state index contributed by atoms with van der Waals surface area (Å²) >= 11 is 0. The summed E-state index contributed by atoms with van der Waals surface area (Å²) in [6.07, 6.45) is 1.88. The van der Waals surface area contributed by atoms with E-state index >= 15 is 0 Å². The fraction of sp³-hybridized carbons (Fsp3) is 0.357. The topological polar surface area (TPSA) is 40.7 Å². The van der Waals surface area contributed by atoms with E-state index in [2.05, 4.69) is 53.4 Å². The van der Waals surface area contributed by atoms with Gasteiger partial charge in [0.2, 0.25) is 0 Å². The zero-order valence-corrected chi connectivity index (χ0v) is 10.6. The minimum atomic E-state index is 0.346. The first-order valence-electron chi connectivity index (χ1n) is 5.95. The maximum atomic E-state index is 4.19. The van der Waals surface area contributed by atoms with Gasteiger partial charge in [0.15, 0.2) is 0 Å². The SMILES string of the molecule is Cc1cccc([C@H](C)NCc2cnc(C)[nH]2)c1. The molecule has 90 valence electrons. The Morgan fingerprint density at radius 3 is 2.82 bits per heavy atom. The number of nitrogens with zero attached hydrogens (tertiary/aromatic N) is 1. The minimum Gasteiger partial charge on any atom is -0.345 e. The molecule has 2 aromatic rings. The molecule has 0 unspecified atom stereocenters. The van der Waals surface area contributed by atoms with Gasteiger partial charge in [-0.15, -0.1) is 0 Å². The molecule has 0 aliphatic rings. The second-order valence-electron chi connectivity index (χ2n) is 4.51. The van der Waals surface area contributed by atoms with Crippen molar-refractivity contribution in [2.24, 2.45) is 0 Å². The minimum absolute atomic E-state index is 0.346. The molecule has 1 aromatic heterocycles. The number of aromatic nitrogens is 2. The normalized spacial score (nSPS) is 12.6. The number of rotatable bonds is 4. The lowest BCUT2D eigenvalue weighted by Crippen LogP contribution is -2.18. The van der Waals surface area contributed by atoms with Gasteiger partial charge >= 0.3 is 0 Å². The molecule has 3 heteroatoms. The lowest BCUT2D eigenvalue weighted by Gasteiger charge is -2.14. The van der Waals surface area contributed by atoms with Gasteiger partial charge in [-0.1, -0.05) is 29.8 Å². The molecule has 0 amide bonds.